The summed E-state index contributed by atoms with van der Waals surface area (Å²) in [6.07, 6.45) is 3.93. The Bertz CT molecular complexity index is 641. The lowest BCUT2D eigenvalue weighted by Gasteiger charge is -2.20. The molecule has 1 atom stereocenters. The van der Waals surface area contributed by atoms with Crippen LogP contribution in [0.4, 0.5) is 5.69 Å². The van der Waals surface area contributed by atoms with Gasteiger partial charge in [0.25, 0.3) is 0 Å². The SMILES string of the molecule is CCN(CC)CCCC(C)Nc1ccnc2cc(O)c(O)cc12. The van der Waals surface area contributed by atoms with Crippen molar-refractivity contribution in [2.75, 3.05) is 25.0 Å². The number of hydrogen-bond acceptors (Lipinski definition) is 5. The van der Waals surface area contributed by atoms with Gasteiger partial charge < -0.3 is 20.4 Å². The van der Waals surface area contributed by atoms with E-state index in [0.717, 1.165) is 43.5 Å². The first-order chi connectivity index (χ1) is 11.0. The van der Waals surface area contributed by atoms with Crippen LogP contribution in [0, 0.1) is 0 Å². The molecule has 0 aliphatic rings. The van der Waals surface area contributed by atoms with Crippen molar-refractivity contribution in [3.63, 3.8) is 0 Å². The van der Waals surface area contributed by atoms with Gasteiger partial charge in [0.15, 0.2) is 11.5 Å². The van der Waals surface area contributed by atoms with Gasteiger partial charge in [-0.15, -0.1) is 0 Å². The van der Waals surface area contributed by atoms with Gasteiger partial charge >= 0.3 is 0 Å². The maximum Gasteiger partial charge on any atom is 0.159 e. The molecule has 0 saturated heterocycles. The largest absolute Gasteiger partial charge is 0.504 e. The summed E-state index contributed by atoms with van der Waals surface area (Å²) < 4.78 is 0. The van der Waals surface area contributed by atoms with Gasteiger partial charge in [-0.3, -0.25) is 4.98 Å². The molecule has 0 radical (unpaired) electrons. The summed E-state index contributed by atoms with van der Waals surface area (Å²) in [6, 6.07) is 5.27. The number of hydrogen-bond donors (Lipinski definition) is 3. The maximum atomic E-state index is 9.72. The average molecular weight is 317 g/mol. The van der Waals surface area contributed by atoms with Crippen molar-refractivity contribution in [2.45, 2.75) is 39.7 Å². The number of rotatable bonds is 8. The van der Waals surface area contributed by atoms with Crippen LogP contribution in [0.15, 0.2) is 24.4 Å². The van der Waals surface area contributed by atoms with Gasteiger partial charge in [0.2, 0.25) is 0 Å². The van der Waals surface area contributed by atoms with Crippen molar-refractivity contribution in [1.82, 2.24) is 9.88 Å². The minimum absolute atomic E-state index is 0.122. The maximum absolute atomic E-state index is 9.72. The monoisotopic (exact) mass is 317 g/mol. The number of phenolic OH excluding ortho intramolecular Hbond substituents is 2. The van der Waals surface area contributed by atoms with E-state index in [2.05, 4.69) is 36.0 Å². The molecular weight excluding hydrogens is 290 g/mol. The Morgan fingerprint density at radius 3 is 2.57 bits per heavy atom. The van der Waals surface area contributed by atoms with Crippen LogP contribution in [0.25, 0.3) is 10.9 Å². The number of nitrogens with zero attached hydrogens (tertiary/aromatic N) is 2. The van der Waals surface area contributed by atoms with E-state index in [4.69, 9.17) is 0 Å². The highest BCUT2D eigenvalue weighted by Gasteiger charge is 2.10. The molecule has 2 aromatic rings. The molecule has 2 rings (SSSR count). The summed E-state index contributed by atoms with van der Waals surface area (Å²) in [5, 5.41) is 23.6. The minimum Gasteiger partial charge on any atom is -0.504 e. The first-order valence-electron chi connectivity index (χ1n) is 8.34. The van der Waals surface area contributed by atoms with Gasteiger partial charge in [-0.1, -0.05) is 13.8 Å². The quantitative estimate of drug-likeness (QED) is 0.649. The van der Waals surface area contributed by atoms with Gasteiger partial charge in [0, 0.05) is 29.4 Å². The predicted molar refractivity (Wildman–Crippen MR) is 95.2 cm³/mol. The Hall–Kier alpha value is -2.01. The number of fused-ring (bicyclic) bond motifs is 1. The van der Waals surface area contributed by atoms with Gasteiger partial charge in [-0.05, 0) is 51.5 Å². The molecule has 0 bridgehead atoms. The molecule has 126 valence electrons. The van der Waals surface area contributed by atoms with Crippen LogP contribution in [0.3, 0.4) is 0 Å². The molecule has 0 aliphatic heterocycles. The third-order valence-corrected chi connectivity index (χ3v) is 4.25. The second-order valence-electron chi connectivity index (χ2n) is 5.93. The van der Waals surface area contributed by atoms with E-state index in [-0.39, 0.29) is 11.5 Å². The molecule has 5 heteroatoms. The number of aromatic nitrogens is 1. The van der Waals surface area contributed by atoms with Crippen molar-refractivity contribution < 1.29 is 10.2 Å². The third-order valence-electron chi connectivity index (χ3n) is 4.25. The smallest absolute Gasteiger partial charge is 0.159 e. The zero-order valence-electron chi connectivity index (χ0n) is 14.2. The molecule has 1 aromatic carbocycles. The summed E-state index contributed by atoms with van der Waals surface area (Å²) in [6.45, 7) is 9.85. The second-order valence-corrected chi connectivity index (χ2v) is 5.93. The van der Waals surface area contributed by atoms with E-state index < -0.39 is 0 Å². The van der Waals surface area contributed by atoms with Crippen LogP contribution >= 0.6 is 0 Å². The van der Waals surface area contributed by atoms with Crippen LogP contribution in [-0.4, -0.2) is 45.8 Å². The second kappa shape index (κ2) is 8.02. The van der Waals surface area contributed by atoms with E-state index in [0.29, 0.717) is 11.6 Å². The first-order valence-corrected chi connectivity index (χ1v) is 8.34. The molecular formula is C18H27N3O2. The van der Waals surface area contributed by atoms with E-state index >= 15 is 0 Å². The molecule has 1 unspecified atom stereocenters. The zero-order chi connectivity index (χ0) is 16.8. The molecule has 1 aromatic heterocycles. The average Bonchev–Trinajstić information content (AvgIpc) is 2.53. The van der Waals surface area contributed by atoms with Crippen molar-refractivity contribution in [2.24, 2.45) is 0 Å². The predicted octanol–water partition coefficient (Wildman–Crippen LogP) is 3.57. The Morgan fingerprint density at radius 2 is 1.87 bits per heavy atom. The Kier molecular flexibility index (Phi) is 6.04. The molecule has 0 fully saturated rings. The number of benzene rings is 1. The van der Waals surface area contributed by atoms with Gasteiger partial charge in [0.05, 0.1) is 5.52 Å². The number of pyridine rings is 1. The third kappa shape index (κ3) is 4.48. The molecule has 0 spiro atoms. The van der Waals surface area contributed by atoms with E-state index in [1.54, 1.807) is 12.3 Å². The number of aromatic hydroxyl groups is 2. The first kappa shape index (κ1) is 17.3. The van der Waals surface area contributed by atoms with Crippen LogP contribution in [0.2, 0.25) is 0 Å². The fraction of sp³-hybridized carbons (Fsp3) is 0.500. The molecule has 0 aliphatic carbocycles. The van der Waals surface area contributed by atoms with E-state index in [1.165, 1.54) is 6.07 Å². The molecule has 0 amide bonds. The summed E-state index contributed by atoms with van der Waals surface area (Å²) in [5.74, 6) is -0.267. The highest BCUT2D eigenvalue weighted by atomic mass is 16.3. The fourth-order valence-electron chi connectivity index (χ4n) is 2.79. The number of nitrogens with one attached hydrogen (secondary N) is 1. The van der Waals surface area contributed by atoms with E-state index in [9.17, 15) is 10.2 Å². The molecule has 23 heavy (non-hydrogen) atoms. The standard InChI is InChI=1S/C18H27N3O2/c1-4-21(5-2)10-6-7-13(3)20-15-8-9-19-16-12-18(23)17(22)11-14(15)16/h8-9,11-13,22-23H,4-7,10H2,1-3H3,(H,19,20). The van der Waals surface area contributed by atoms with Gasteiger partial charge in [-0.25, -0.2) is 0 Å². The number of phenols is 2. The summed E-state index contributed by atoms with van der Waals surface area (Å²) in [7, 11) is 0. The van der Waals surface area contributed by atoms with E-state index in [1.807, 2.05) is 6.07 Å². The van der Waals surface area contributed by atoms with Gasteiger partial charge in [-0.2, -0.15) is 0 Å². The van der Waals surface area contributed by atoms with Crippen LogP contribution < -0.4 is 5.32 Å². The van der Waals surface area contributed by atoms with Crippen LogP contribution in [-0.2, 0) is 0 Å². The van der Waals surface area contributed by atoms with Crippen molar-refractivity contribution in [3.8, 4) is 11.5 Å². The molecule has 5 nitrogen and oxygen atoms in total. The zero-order valence-corrected chi connectivity index (χ0v) is 14.2. The highest BCUT2D eigenvalue weighted by molar-refractivity contribution is 5.93. The summed E-state index contributed by atoms with van der Waals surface area (Å²) in [4.78, 5) is 6.67. The molecule has 3 N–H and O–H groups in total. The van der Waals surface area contributed by atoms with Gasteiger partial charge in [0.1, 0.15) is 0 Å². The molecule has 1 heterocycles. The lowest BCUT2D eigenvalue weighted by atomic mass is 10.1. The lowest BCUT2D eigenvalue weighted by molar-refractivity contribution is 0.295. The van der Waals surface area contributed by atoms with Crippen LogP contribution in [0.1, 0.15) is 33.6 Å². The fourth-order valence-corrected chi connectivity index (χ4v) is 2.79. The Labute approximate surface area is 138 Å². The topological polar surface area (TPSA) is 68.6 Å². The summed E-state index contributed by atoms with van der Waals surface area (Å²) in [5.41, 5.74) is 1.60. The van der Waals surface area contributed by atoms with Crippen molar-refractivity contribution >= 4 is 16.6 Å². The summed E-state index contributed by atoms with van der Waals surface area (Å²) >= 11 is 0. The van der Waals surface area contributed by atoms with Crippen molar-refractivity contribution in [3.05, 3.63) is 24.4 Å². The van der Waals surface area contributed by atoms with Crippen LogP contribution in [0.5, 0.6) is 11.5 Å². The lowest BCUT2D eigenvalue weighted by Crippen LogP contribution is -2.25. The number of anilines is 1. The molecule has 0 saturated carbocycles. The minimum atomic E-state index is -0.144. The van der Waals surface area contributed by atoms with Crippen molar-refractivity contribution in [1.29, 1.82) is 0 Å². The Balaban J connectivity index is 2.02. The Morgan fingerprint density at radius 1 is 1.17 bits per heavy atom. The normalized spacial score (nSPS) is 12.7. The highest BCUT2D eigenvalue weighted by Crippen LogP contribution is 2.33.